The van der Waals surface area contributed by atoms with E-state index in [1.807, 2.05) is 36.4 Å². The molecule has 0 unspecified atom stereocenters. The monoisotopic (exact) mass is 358 g/mol. The van der Waals surface area contributed by atoms with Crippen LogP contribution in [0.1, 0.15) is 5.56 Å². The van der Waals surface area contributed by atoms with Gasteiger partial charge in [-0.2, -0.15) is 5.26 Å². The second-order valence-electron chi connectivity index (χ2n) is 5.61. The van der Waals surface area contributed by atoms with Crippen molar-refractivity contribution in [1.82, 2.24) is 14.4 Å². The van der Waals surface area contributed by atoms with Gasteiger partial charge in [0.05, 0.1) is 11.4 Å². The van der Waals surface area contributed by atoms with Crippen LogP contribution < -0.4 is 5.56 Å². The third-order valence-corrected chi connectivity index (χ3v) is 4.25. The van der Waals surface area contributed by atoms with Gasteiger partial charge >= 0.3 is 0 Å². The SMILES string of the molecule is N#Cc1c(-c2ccc(Cl)cc2)nc2nc(-c3ccccc3)ccn2c1=O. The van der Waals surface area contributed by atoms with Crippen LogP contribution >= 0.6 is 11.6 Å². The second-order valence-corrected chi connectivity index (χ2v) is 6.04. The Kier molecular flexibility index (Phi) is 3.96. The fourth-order valence-corrected chi connectivity index (χ4v) is 2.84. The number of nitriles is 1. The maximum absolute atomic E-state index is 12.7. The third-order valence-electron chi connectivity index (χ3n) is 4.00. The van der Waals surface area contributed by atoms with Crippen LogP contribution in [0, 0.1) is 11.3 Å². The van der Waals surface area contributed by atoms with E-state index in [0.717, 1.165) is 5.56 Å². The summed E-state index contributed by atoms with van der Waals surface area (Å²) in [6.07, 6.45) is 1.59. The number of hydrogen-bond acceptors (Lipinski definition) is 4. The molecule has 6 heteroatoms. The molecule has 4 rings (SSSR count). The summed E-state index contributed by atoms with van der Waals surface area (Å²) in [4.78, 5) is 21.7. The maximum atomic E-state index is 12.7. The zero-order chi connectivity index (χ0) is 18.1. The first-order valence-corrected chi connectivity index (χ1v) is 8.20. The summed E-state index contributed by atoms with van der Waals surface area (Å²) in [5, 5.41) is 10.0. The molecule has 124 valence electrons. The van der Waals surface area contributed by atoms with Gasteiger partial charge in [0.25, 0.3) is 5.56 Å². The molecule has 0 fully saturated rings. The Labute approximate surface area is 153 Å². The number of nitrogens with zero attached hydrogens (tertiary/aromatic N) is 4. The van der Waals surface area contributed by atoms with Gasteiger partial charge in [0.2, 0.25) is 5.78 Å². The Morgan fingerprint density at radius 3 is 2.35 bits per heavy atom. The first-order valence-electron chi connectivity index (χ1n) is 7.82. The zero-order valence-corrected chi connectivity index (χ0v) is 14.2. The Hall–Kier alpha value is -3.49. The Morgan fingerprint density at radius 2 is 1.65 bits per heavy atom. The zero-order valence-electron chi connectivity index (χ0n) is 13.4. The molecule has 0 amide bonds. The van der Waals surface area contributed by atoms with E-state index in [4.69, 9.17) is 11.6 Å². The van der Waals surface area contributed by atoms with Crippen LogP contribution in [0.4, 0.5) is 0 Å². The van der Waals surface area contributed by atoms with Crippen molar-refractivity contribution in [3.63, 3.8) is 0 Å². The van der Waals surface area contributed by atoms with Gasteiger partial charge in [-0.15, -0.1) is 0 Å². The van der Waals surface area contributed by atoms with E-state index in [1.54, 1.807) is 36.5 Å². The van der Waals surface area contributed by atoms with Gasteiger partial charge in [-0.1, -0.05) is 54.1 Å². The predicted octanol–water partition coefficient (Wildman–Crippen LogP) is 3.95. The topological polar surface area (TPSA) is 71.1 Å². The van der Waals surface area contributed by atoms with Crippen molar-refractivity contribution in [3.8, 4) is 28.6 Å². The molecule has 0 atom stereocenters. The first kappa shape index (κ1) is 16.0. The van der Waals surface area contributed by atoms with E-state index in [9.17, 15) is 10.1 Å². The predicted molar refractivity (Wildman–Crippen MR) is 99.9 cm³/mol. The van der Waals surface area contributed by atoms with Crippen molar-refractivity contribution < 1.29 is 0 Å². The van der Waals surface area contributed by atoms with E-state index in [0.29, 0.717) is 22.0 Å². The summed E-state index contributed by atoms with van der Waals surface area (Å²) in [5.41, 5.74) is 2.07. The van der Waals surface area contributed by atoms with E-state index < -0.39 is 5.56 Å². The number of benzene rings is 2. The van der Waals surface area contributed by atoms with Crippen LogP contribution in [0.2, 0.25) is 5.02 Å². The van der Waals surface area contributed by atoms with Crippen LogP contribution in [0.3, 0.4) is 0 Å². The molecule has 5 nitrogen and oxygen atoms in total. The smallest absolute Gasteiger partial charge is 0.267 e. The standard InChI is InChI=1S/C20H11ClN4O/c21-15-8-6-14(7-9-15)18-16(12-22)19(26)25-11-10-17(23-20(25)24-18)13-4-2-1-3-5-13/h1-11H. The van der Waals surface area contributed by atoms with Gasteiger partial charge in [-0.25, -0.2) is 9.97 Å². The minimum Gasteiger partial charge on any atom is -0.267 e. The molecule has 0 saturated carbocycles. The van der Waals surface area contributed by atoms with Crippen molar-refractivity contribution in [2.45, 2.75) is 0 Å². The molecule has 4 aromatic rings. The molecule has 0 bridgehead atoms. The summed E-state index contributed by atoms with van der Waals surface area (Å²) in [6, 6.07) is 20.1. The molecular weight excluding hydrogens is 348 g/mol. The molecule has 26 heavy (non-hydrogen) atoms. The molecule has 0 radical (unpaired) electrons. The summed E-state index contributed by atoms with van der Waals surface area (Å²) >= 11 is 5.92. The molecule has 0 N–H and O–H groups in total. The number of fused-ring (bicyclic) bond motifs is 1. The molecule has 0 saturated heterocycles. The Morgan fingerprint density at radius 1 is 0.923 bits per heavy atom. The van der Waals surface area contributed by atoms with Crippen molar-refractivity contribution in [3.05, 3.63) is 87.8 Å². The van der Waals surface area contributed by atoms with Gasteiger partial charge in [0, 0.05) is 22.3 Å². The normalized spacial score (nSPS) is 10.6. The molecule has 0 aliphatic carbocycles. The van der Waals surface area contributed by atoms with Crippen molar-refractivity contribution in [1.29, 1.82) is 5.26 Å². The average Bonchev–Trinajstić information content (AvgIpc) is 2.69. The van der Waals surface area contributed by atoms with Gasteiger partial charge in [0.1, 0.15) is 11.6 Å². The van der Waals surface area contributed by atoms with Crippen LogP contribution in [0.15, 0.2) is 71.7 Å². The number of rotatable bonds is 2. The van der Waals surface area contributed by atoms with Gasteiger partial charge < -0.3 is 0 Å². The largest absolute Gasteiger partial charge is 0.277 e. The van der Waals surface area contributed by atoms with Crippen LogP contribution in [-0.4, -0.2) is 14.4 Å². The van der Waals surface area contributed by atoms with Crippen molar-refractivity contribution in [2.24, 2.45) is 0 Å². The van der Waals surface area contributed by atoms with E-state index in [2.05, 4.69) is 9.97 Å². The highest BCUT2D eigenvalue weighted by Gasteiger charge is 2.15. The summed E-state index contributed by atoms with van der Waals surface area (Å²) < 4.78 is 1.28. The Balaban J connectivity index is 1.99. The maximum Gasteiger partial charge on any atom is 0.277 e. The second kappa shape index (κ2) is 6.43. The van der Waals surface area contributed by atoms with E-state index in [1.165, 1.54) is 4.40 Å². The highest BCUT2D eigenvalue weighted by atomic mass is 35.5. The lowest BCUT2D eigenvalue weighted by atomic mass is 10.1. The molecule has 0 aliphatic heterocycles. The van der Waals surface area contributed by atoms with Gasteiger partial charge in [-0.05, 0) is 18.2 Å². The molecular formula is C20H11ClN4O. The Bertz CT molecular complexity index is 1210. The molecule has 2 heterocycles. The number of aromatic nitrogens is 3. The van der Waals surface area contributed by atoms with Crippen LogP contribution in [0.5, 0.6) is 0 Å². The quantitative estimate of drug-likeness (QED) is 0.544. The third kappa shape index (κ3) is 2.73. The van der Waals surface area contributed by atoms with Gasteiger partial charge in [-0.3, -0.25) is 9.20 Å². The molecule has 0 aliphatic rings. The minimum atomic E-state index is -0.449. The molecule has 0 spiro atoms. The van der Waals surface area contributed by atoms with E-state index in [-0.39, 0.29) is 11.3 Å². The lowest BCUT2D eigenvalue weighted by molar-refractivity contribution is 0.993. The van der Waals surface area contributed by atoms with Crippen LogP contribution in [-0.2, 0) is 0 Å². The fraction of sp³-hybridized carbons (Fsp3) is 0. The number of hydrogen-bond donors (Lipinski definition) is 0. The highest BCUT2D eigenvalue weighted by Crippen LogP contribution is 2.23. The first-order chi connectivity index (χ1) is 12.7. The number of halogens is 1. The van der Waals surface area contributed by atoms with Gasteiger partial charge in [0.15, 0.2) is 0 Å². The van der Waals surface area contributed by atoms with E-state index >= 15 is 0 Å². The van der Waals surface area contributed by atoms with Crippen molar-refractivity contribution in [2.75, 3.05) is 0 Å². The summed E-state index contributed by atoms with van der Waals surface area (Å²) in [7, 11) is 0. The lowest BCUT2D eigenvalue weighted by Gasteiger charge is -2.08. The fourth-order valence-electron chi connectivity index (χ4n) is 2.71. The lowest BCUT2D eigenvalue weighted by Crippen LogP contribution is -2.20. The molecule has 2 aromatic carbocycles. The average molecular weight is 359 g/mol. The molecule has 2 aromatic heterocycles. The highest BCUT2D eigenvalue weighted by molar-refractivity contribution is 6.30. The summed E-state index contributed by atoms with van der Waals surface area (Å²) in [6.45, 7) is 0. The van der Waals surface area contributed by atoms with Crippen LogP contribution in [0.25, 0.3) is 28.3 Å². The minimum absolute atomic E-state index is 0.0286. The van der Waals surface area contributed by atoms with Crippen molar-refractivity contribution >= 4 is 17.4 Å². The summed E-state index contributed by atoms with van der Waals surface area (Å²) in [5.74, 6) is 0.236.